The number of urea groups is 1. The first-order chi connectivity index (χ1) is 31.2. The molecule has 0 unspecified atom stereocenters. The monoisotopic (exact) mass is 878 g/mol. The van der Waals surface area contributed by atoms with E-state index in [1.807, 2.05) is 77.9 Å². The number of methoxy groups -OCH3 is 1. The van der Waals surface area contributed by atoms with E-state index in [1.165, 1.54) is 34.0 Å². The molecule has 1 saturated heterocycles. The van der Waals surface area contributed by atoms with Crippen molar-refractivity contribution in [1.29, 1.82) is 0 Å². The predicted octanol–water partition coefficient (Wildman–Crippen LogP) is 7.92. The fraction of sp³-hybridized carbons (Fsp3) is 0.220. The van der Waals surface area contributed by atoms with Crippen LogP contribution in [0, 0.1) is 0 Å². The van der Waals surface area contributed by atoms with Gasteiger partial charge in [0.1, 0.15) is 29.2 Å². The molecule has 6 aromatic rings. The Morgan fingerprint density at radius 3 is 2.16 bits per heavy atom. The van der Waals surface area contributed by atoms with Crippen LogP contribution in [0.2, 0.25) is 0 Å². The topological polar surface area (TPSA) is 150 Å². The molecule has 8 rings (SSSR count). The number of carbonyl (C=O) groups is 3. The smallest absolute Gasteiger partial charge is 0.355 e. The lowest BCUT2D eigenvalue weighted by Gasteiger charge is -2.47. The van der Waals surface area contributed by atoms with Crippen LogP contribution in [0.4, 0.5) is 16.3 Å². The number of hydrogen-bond donors (Lipinski definition) is 4. The number of benzene rings is 5. The number of carbonyl (C=O) groups excluding carboxylic acids is 3. The van der Waals surface area contributed by atoms with E-state index in [2.05, 4.69) is 69.5 Å². The molecule has 3 heterocycles. The van der Waals surface area contributed by atoms with Crippen molar-refractivity contribution in [3.63, 3.8) is 0 Å². The van der Waals surface area contributed by atoms with Gasteiger partial charge >= 0.3 is 12.0 Å². The second kappa shape index (κ2) is 21.7. The molecule has 4 N–H and O–H groups in total. The van der Waals surface area contributed by atoms with Crippen molar-refractivity contribution in [3.8, 4) is 22.6 Å². The number of phenolic OH excluding ortho intramolecular Hbond substituents is 1. The molecule has 0 spiro atoms. The number of esters is 1. The van der Waals surface area contributed by atoms with E-state index in [4.69, 9.17) is 9.47 Å². The van der Waals surface area contributed by atoms with Crippen molar-refractivity contribution in [2.75, 3.05) is 30.0 Å². The minimum Gasteiger partial charge on any atom is -0.507 e. The highest BCUT2D eigenvalue weighted by Crippen LogP contribution is 2.42. The van der Waals surface area contributed by atoms with Gasteiger partial charge in [0.25, 0.3) is 5.91 Å². The molecule has 328 valence electrons. The molecule has 0 saturated carbocycles. The first-order valence-electron chi connectivity index (χ1n) is 21.0. The van der Waals surface area contributed by atoms with Gasteiger partial charge in [-0.15, -0.1) is 21.1 Å². The summed E-state index contributed by atoms with van der Waals surface area (Å²) in [6.45, 7) is 3.25. The van der Waals surface area contributed by atoms with Crippen LogP contribution >= 0.6 is 11.8 Å². The summed E-state index contributed by atoms with van der Waals surface area (Å²) >= 11 is 1.51. The second-order valence-electron chi connectivity index (χ2n) is 15.0. The first kappa shape index (κ1) is 44.7. The molecular weight excluding hydrogens is 827 g/mol. The van der Waals surface area contributed by atoms with Gasteiger partial charge in [-0.2, -0.15) is 0 Å². The number of β-lactam (4-membered cyclic amide) rings is 1. The number of ether oxygens (including phenoxy) is 2. The molecular formula is C50H52N7O6S+. The maximum atomic E-state index is 14.0. The fourth-order valence-electron chi connectivity index (χ4n) is 7.17. The molecule has 5 aromatic carbocycles. The molecule has 64 heavy (non-hydrogen) atoms. The van der Waals surface area contributed by atoms with E-state index in [-0.39, 0.29) is 36.5 Å². The quantitative estimate of drug-likeness (QED) is 0.0352. The van der Waals surface area contributed by atoms with Crippen molar-refractivity contribution < 1.29 is 33.6 Å². The average molecular weight is 879 g/mol. The minimum absolute atomic E-state index is 0.000104. The Bertz CT molecular complexity index is 2550. The van der Waals surface area contributed by atoms with Gasteiger partial charge in [-0.3, -0.25) is 20.0 Å². The highest BCUT2D eigenvalue weighted by Gasteiger charge is 2.54. The number of phenols is 1. The van der Waals surface area contributed by atoms with Crippen molar-refractivity contribution in [1.82, 2.24) is 14.9 Å². The number of para-hydroxylation sites is 1. The highest BCUT2D eigenvalue weighted by atomic mass is 32.2. The fourth-order valence-corrected chi connectivity index (χ4v) is 8.50. The van der Waals surface area contributed by atoms with Crippen LogP contribution in [-0.4, -0.2) is 69.6 Å². The van der Waals surface area contributed by atoms with E-state index in [0.717, 1.165) is 17.5 Å². The predicted molar refractivity (Wildman–Crippen MR) is 251 cm³/mol. The normalized spacial score (nSPS) is 15.4. The summed E-state index contributed by atoms with van der Waals surface area (Å²) in [6.07, 6.45) is 4.09. The standard InChI is InChI=1S/C38H41N7O6S.C12H10/c1-4-18-39-38(49)42-30-22-44(43(2)34(30)41-19-25-10-6-5-7-11-25)21-28-24-52-36-32(40-20-27-12-8-9-13-31(27)46)35(47)45(36)33(28)37(48)51-23-26-14-16-29(50-3)17-15-26;1-3-7-11(8-4-1)12-9-5-2-6-10-12/h5-17,20,22,32,36H,4,18-19,21,23-24H2,1-3H3,(H3,39,40,42,46,49);1-10H/p+1/t32-,36-;/m1./s1. The zero-order valence-corrected chi connectivity index (χ0v) is 36.8. The summed E-state index contributed by atoms with van der Waals surface area (Å²) in [4.78, 5) is 46.4. The van der Waals surface area contributed by atoms with Crippen LogP contribution in [-0.2, 0) is 41.1 Å². The van der Waals surface area contributed by atoms with Gasteiger partial charge in [0.2, 0.25) is 6.20 Å². The van der Waals surface area contributed by atoms with Gasteiger partial charge in [-0.25, -0.2) is 9.59 Å². The number of fused-ring (bicyclic) bond motifs is 1. The Morgan fingerprint density at radius 1 is 0.875 bits per heavy atom. The zero-order valence-electron chi connectivity index (χ0n) is 36.0. The molecule has 1 fully saturated rings. The van der Waals surface area contributed by atoms with Crippen LogP contribution in [0.5, 0.6) is 11.5 Å². The van der Waals surface area contributed by atoms with Crippen LogP contribution in [0.3, 0.4) is 0 Å². The Kier molecular flexibility index (Phi) is 15.1. The van der Waals surface area contributed by atoms with E-state index in [0.29, 0.717) is 47.2 Å². The number of rotatable bonds is 15. The number of aliphatic imine (C=N–C) groups is 1. The molecule has 1 aromatic heterocycles. The van der Waals surface area contributed by atoms with Crippen LogP contribution in [0.25, 0.3) is 11.1 Å². The Hall–Kier alpha value is -7.32. The highest BCUT2D eigenvalue weighted by molar-refractivity contribution is 8.00. The molecule has 0 radical (unpaired) electrons. The van der Waals surface area contributed by atoms with E-state index < -0.39 is 17.4 Å². The van der Waals surface area contributed by atoms with Gasteiger partial charge in [0.05, 0.1) is 14.2 Å². The lowest BCUT2D eigenvalue weighted by molar-refractivity contribution is -0.765. The van der Waals surface area contributed by atoms with Crippen molar-refractivity contribution in [3.05, 3.63) is 174 Å². The van der Waals surface area contributed by atoms with Crippen molar-refractivity contribution in [2.45, 2.75) is 44.5 Å². The Labute approximate surface area is 377 Å². The maximum Gasteiger partial charge on any atom is 0.355 e. The molecule has 0 bridgehead atoms. The van der Waals surface area contributed by atoms with Gasteiger partial charge in [-0.05, 0) is 52.9 Å². The number of aromatic nitrogens is 2. The third-order valence-corrected chi connectivity index (χ3v) is 11.9. The van der Waals surface area contributed by atoms with Crippen LogP contribution in [0.15, 0.2) is 162 Å². The first-order valence-corrected chi connectivity index (χ1v) is 22.1. The third-order valence-electron chi connectivity index (χ3n) is 10.6. The summed E-state index contributed by atoms with van der Waals surface area (Å²) in [5.74, 6) is 0.874. The second-order valence-corrected chi connectivity index (χ2v) is 16.1. The number of thioether (sulfide) groups is 1. The maximum absolute atomic E-state index is 14.0. The largest absolute Gasteiger partial charge is 0.507 e. The Balaban J connectivity index is 0.000000437. The van der Waals surface area contributed by atoms with Crippen molar-refractivity contribution >= 4 is 47.4 Å². The summed E-state index contributed by atoms with van der Waals surface area (Å²) in [7, 11) is 3.44. The van der Waals surface area contributed by atoms with Gasteiger partial charge < -0.3 is 25.2 Å². The van der Waals surface area contributed by atoms with E-state index >= 15 is 0 Å². The van der Waals surface area contributed by atoms with Crippen LogP contribution < -0.4 is 25.4 Å². The number of anilines is 2. The molecule has 13 nitrogen and oxygen atoms in total. The van der Waals surface area contributed by atoms with E-state index in [9.17, 15) is 19.5 Å². The molecule has 2 aliphatic rings. The summed E-state index contributed by atoms with van der Waals surface area (Å²) in [6, 6.07) is 43.6. The van der Waals surface area contributed by atoms with E-state index in [1.54, 1.807) is 49.7 Å². The molecule has 0 aliphatic carbocycles. The number of nitrogens with one attached hydrogen (secondary N) is 3. The van der Waals surface area contributed by atoms with Crippen LogP contribution in [0.1, 0.15) is 30.0 Å². The SMILES string of the molecule is CCCNC(=O)Nc1c[n+](CC2=C(C(=O)OCc3ccc(OC)cc3)N3C(=O)[C@@H](N=Cc4ccccc4O)[C@H]3SC2)n(C)c1NCc1ccccc1.c1ccc(-c2ccccc2)cc1. The summed E-state index contributed by atoms with van der Waals surface area (Å²) in [5, 5.41) is 19.0. The summed E-state index contributed by atoms with van der Waals surface area (Å²) < 4.78 is 14.8. The molecule has 14 heteroatoms. The van der Waals surface area contributed by atoms with Gasteiger partial charge in [0, 0.05) is 36.2 Å². The minimum atomic E-state index is -0.732. The third kappa shape index (κ3) is 11.0. The van der Waals surface area contributed by atoms with Gasteiger partial charge in [-0.1, -0.05) is 122 Å². The zero-order chi connectivity index (χ0) is 44.8. The van der Waals surface area contributed by atoms with Gasteiger partial charge in [0.15, 0.2) is 24.1 Å². The number of aromatic hydroxyl groups is 1. The molecule has 3 amide bonds. The number of hydrogen-bond acceptors (Lipinski definition) is 9. The number of amides is 3. The molecule has 2 aliphatic heterocycles. The lowest BCUT2D eigenvalue weighted by Crippen LogP contribution is -2.64. The Morgan fingerprint density at radius 2 is 1.52 bits per heavy atom. The van der Waals surface area contributed by atoms with Crippen molar-refractivity contribution in [2.24, 2.45) is 12.0 Å². The summed E-state index contributed by atoms with van der Waals surface area (Å²) in [5.41, 5.74) is 6.29. The number of nitrogens with zero attached hydrogens (tertiary/aromatic N) is 4. The lowest BCUT2D eigenvalue weighted by atomic mass is 10.0. The average Bonchev–Trinajstić information content (AvgIpc) is 3.62. The molecule has 2 atom stereocenters.